The summed E-state index contributed by atoms with van der Waals surface area (Å²) in [4.78, 5) is 4.47. The maximum atomic E-state index is 5.91. The first-order valence-electron chi connectivity index (χ1n) is 5.52. The number of anilines is 1. The molecule has 14 heavy (non-hydrogen) atoms. The molecule has 2 N–H and O–H groups in total. The summed E-state index contributed by atoms with van der Waals surface area (Å²) in [6, 6.07) is 0. The molecule has 1 aliphatic heterocycles. The fourth-order valence-corrected chi connectivity index (χ4v) is 2.17. The molecule has 0 saturated heterocycles. The fraction of sp³-hybridized carbons (Fsp3) is 0.727. The zero-order valence-corrected chi connectivity index (χ0v) is 9.08. The number of nitrogens with two attached hydrogens (primary N) is 1. The van der Waals surface area contributed by atoms with Gasteiger partial charge in [0.15, 0.2) is 0 Å². The summed E-state index contributed by atoms with van der Waals surface area (Å²) >= 11 is 0. The molecule has 1 aromatic heterocycles. The van der Waals surface area contributed by atoms with E-state index in [1.54, 1.807) is 0 Å². The average molecular weight is 193 g/mol. The number of fused-ring (bicyclic) bond motifs is 1. The molecule has 2 rings (SSSR count). The van der Waals surface area contributed by atoms with Gasteiger partial charge in [0, 0.05) is 13.0 Å². The fourth-order valence-electron chi connectivity index (χ4n) is 2.17. The van der Waals surface area contributed by atoms with Gasteiger partial charge in [0.1, 0.15) is 11.6 Å². The lowest BCUT2D eigenvalue weighted by Crippen LogP contribution is -2.14. The van der Waals surface area contributed by atoms with Crippen LogP contribution in [0.15, 0.2) is 0 Å². The van der Waals surface area contributed by atoms with Gasteiger partial charge in [-0.1, -0.05) is 13.8 Å². The molecule has 0 fully saturated rings. The predicted molar refractivity (Wildman–Crippen MR) is 58.1 cm³/mol. The summed E-state index contributed by atoms with van der Waals surface area (Å²) in [6.45, 7) is 5.56. The van der Waals surface area contributed by atoms with E-state index in [-0.39, 0.29) is 0 Å². The van der Waals surface area contributed by atoms with E-state index in [1.807, 2.05) is 0 Å². The van der Waals surface area contributed by atoms with Crippen molar-refractivity contribution in [1.82, 2.24) is 9.55 Å². The van der Waals surface area contributed by atoms with Crippen molar-refractivity contribution in [3.63, 3.8) is 0 Å². The van der Waals surface area contributed by atoms with Crippen molar-refractivity contribution in [2.75, 3.05) is 5.73 Å². The normalized spacial score (nSPS) is 15.9. The third kappa shape index (κ3) is 1.63. The molecule has 0 aliphatic carbocycles. The topological polar surface area (TPSA) is 43.8 Å². The highest BCUT2D eigenvalue weighted by molar-refractivity contribution is 5.38. The van der Waals surface area contributed by atoms with Crippen LogP contribution in [0, 0.1) is 5.92 Å². The Labute approximate surface area is 85.3 Å². The SMILES string of the molecule is CC(C)Cc1nc(N)c2n1CCCC2. The van der Waals surface area contributed by atoms with E-state index in [0.717, 1.165) is 25.2 Å². The molecule has 2 heterocycles. The Morgan fingerprint density at radius 3 is 2.93 bits per heavy atom. The van der Waals surface area contributed by atoms with Crippen LogP contribution in [-0.4, -0.2) is 9.55 Å². The van der Waals surface area contributed by atoms with Crippen molar-refractivity contribution < 1.29 is 0 Å². The smallest absolute Gasteiger partial charge is 0.145 e. The number of aromatic nitrogens is 2. The lowest BCUT2D eigenvalue weighted by atomic mass is 10.1. The van der Waals surface area contributed by atoms with Crippen LogP contribution in [0.2, 0.25) is 0 Å². The van der Waals surface area contributed by atoms with E-state index < -0.39 is 0 Å². The van der Waals surface area contributed by atoms with Crippen molar-refractivity contribution >= 4 is 5.82 Å². The zero-order chi connectivity index (χ0) is 10.1. The maximum Gasteiger partial charge on any atom is 0.145 e. The van der Waals surface area contributed by atoms with E-state index in [9.17, 15) is 0 Å². The molecule has 3 nitrogen and oxygen atoms in total. The second kappa shape index (κ2) is 3.64. The van der Waals surface area contributed by atoms with Gasteiger partial charge in [0.2, 0.25) is 0 Å². The average Bonchev–Trinajstić information content (AvgIpc) is 2.44. The second-order valence-corrected chi connectivity index (χ2v) is 4.57. The van der Waals surface area contributed by atoms with Gasteiger partial charge in [-0.25, -0.2) is 4.98 Å². The van der Waals surface area contributed by atoms with Gasteiger partial charge >= 0.3 is 0 Å². The number of imidazole rings is 1. The van der Waals surface area contributed by atoms with Crippen LogP contribution < -0.4 is 5.73 Å². The second-order valence-electron chi connectivity index (χ2n) is 4.57. The van der Waals surface area contributed by atoms with Crippen LogP contribution in [0.25, 0.3) is 0 Å². The van der Waals surface area contributed by atoms with Crippen LogP contribution in [0.4, 0.5) is 5.82 Å². The number of hydrogen-bond acceptors (Lipinski definition) is 2. The monoisotopic (exact) mass is 193 g/mol. The summed E-state index contributed by atoms with van der Waals surface area (Å²) in [6.07, 6.45) is 4.69. The first-order valence-corrected chi connectivity index (χ1v) is 5.52. The third-order valence-corrected chi connectivity index (χ3v) is 2.82. The number of nitrogens with zero attached hydrogens (tertiary/aromatic N) is 2. The zero-order valence-electron chi connectivity index (χ0n) is 9.08. The van der Waals surface area contributed by atoms with Gasteiger partial charge < -0.3 is 10.3 Å². The molecule has 0 saturated carbocycles. The van der Waals surface area contributed by atoms with Gasteiger partial charge in [-0.2, -0.15) is 0 Å². The van der Waals surface area contributed by atoms with Crippen LogP contribution in [0.1, 0.15) is 38.2 Å². The summed E-state index contributed by atoms with van der Waals surface area (Å²) < 4.78 is 2.33. The first-order chi connectivity index (χ1) is 6.68. The van der Waals surface area contributed by atoms with E-state index in [0.29, 0.717) is 5.92 Å². The minimum absolute atomic E-state index is 0.655. The molecule has 0 atom stereocenters. The van der Waals surface area contributed by atoms with Crippen molar-refractivity contribution in [1.29, 1.82) is 0 Å². The van der Waals surface area contributed by atoms with Gasteiger partial charge in [0.25, 0.3) is 0 Å². The van der Waals surface area contributed by atoms with Crippen molar-refractivity contribution in [2.45, 2.75) is 46.1 Å². The lowest BCUT2D eigenvalue weighted by molar-refractivity contribution is 0.496. The Morgan fingerprint density at radius 1 is 1.43 bits per heavy atom. The first kappa shape index (κ1) is 9.56. The Bertz CT molecular complexity index is 326. The van der Waals surface area contributed by atoms with Gasteiger partial charge in [-0.15, -0.1) is 0 Å². The molecule has 0 amide bonds. The molecule has 0 spiro atoms. The number of nitrogen functional groups attached to an aromatic ring is 1. The molecular formula is C11H19N3. The molecule has 1 aromatic rings. The number of rotatable bonds is 2. The van der Waals surface area contributed by atoms with Crippen LogP contribution in [0.5, 0.6) is 0 Å². The van der Waals surface area contributed by atoms with Crippen molar-refractivity contribution in [2.24, 2.45) is 5.92 Å². The lowest BCUT2D eigenvalue weighted by Gasteiger charge is -2.17. The summed E-state index contributed by atoms with van der Waals surface area (Å²) in [5, 5.41) is 0. The Hall–Kier alpha value is -0.990. The van der Waals surface area contributed by atoms with Crippen LogP contribution in [0.3, 0.4) is 0 Å². The van der Waals surface area contributed by atoms with Crippen molar-refractivity contribution in [3.8, 4) is 0 Å². The standard InChI is InChI=1S/C11H19N3/c1-8(2)7-10-13-11(12)9-5-3-4-6-14(9)10/h8H,3-7,12H2,1-2H3. The minimum Gasteiger partial charge on any atom is -0.382 e. The van der Waals surface area contributed by atoms with E-state index in [4.69, 9.17) is 5.73 Å². The van der Waals surface area contributed by atoms with Gasteiger partial charge in [-0.05, 0) is 25.2 Å². The Kier molecular flexibility index (Phi) is 2.48. The molecule has 0 bridgehead atoms. The third-order valence-electron chi connectivity index (χ3n) is 2.82. The van der Waals surface area contributed by atoms with E-state index in [2.05, 4.69) is 23.4 Å². The predicted octanol–water partition coefficient (Wildman–Crippen LogP) is 2.00. The minimum atomic E-state index is 0.655. The van der Waals surface area contributed by atoms with Crippen molar-refractivity contribution in [3.05, 3.63) is 11.5 Å². The maximum absolute atomic E-state index is 5.91. The van der Waals surface area contributed by atoms with Crippen LogP contribution in [-0.2, 0) is 19.4 Å². The van der Waals surface area contributed by atoms with Gasteiger partial charge in [-0.3, -0.25) is 0 Å². The number of hydrogen-bond donors (Lipinski definition) is 1. The molecule has 0 aromatic carbocycles. The molecule has 1 aliphatic rings. The molecule has 78 valence electrons. The van der Waals surface area contributed by atoms with Crippen LogP contribution >= 0.6 is 0 Å². The van der Waals surface area contributed by atoms with E-state index >= 15 is 0 Å². The Balaban J connectivity index is 2.31. The summed E-state index contributed by atoms with van der Waals surface area (Å²) in [5.74, 6) is 2.61. The largest absolute Gasteiger partial charge is 0.382 e. The quantitative estimate of drug-likeness (QED) is 0.780. The highest BCUT2D eigenvalue weighted by atomic mass is 15.1. The molecule has 3 heteroatoms. The highest BCUT2D eigenvalue weighted by Crippen LogP contribution is 2.23. The summed E-state index contributed by atoms with van der Waals surface area (Å²) in [7, 11) is 0. The Morgan fingerprint density at radius 2 is 2.21 bits per heavy atom. The molecular weight excluding hydrogens is 174 g/mol. The van der Waals surface area contributed by atoms with E-state index in [1.165, 1.54) is 24.4 Å². The molecule has 0 radical (unpaired) electrons. The molecule has 0 unspecified atom stereocenters. The highest BCUT2D eigenvalue weighted by Gasteiger charge is 2.18. The summed E-state index contributed by atoms with van der Waals surface area (Å²) in [5.41, 5.74) is 7.18. The van der Waals surface area contributed by atoms with Gasteiger partial charge in [0.05, 0.1) is 5.69 Å².